The van der Waals surface area contributed by atoms with Crippen LogP contribution in [0.1, 0.15) is 98.8 Å². The number of fused-ring (bicyclic) bond motifs is 1. The number of carbonyl (C=O) groups is 4. The van der Waals surface area contributed by atoms with E-state index in [0.717, 1.165) is 19.3 Å². The van der Waals surface area contributed by atoms with Crippen LogP contribution >= 0.6 is 11.6 Å². The Bertz CT molecular complexity index is 1410. The maximum Gasteiger partial charge on any atom is 0.347 e. The number of hydrogen-bond donors (Lipinski definition) is 2. The molecule has 1 aromatic heterocycles. The Balaban J connectivity index is 1.40. The van der Waals surface area contributed by atoms with Crippen LogP contribution in [-0.4, -0.2) is 56.6 Å². The monoisotopic (exact) mass is 614 g/mol. The number of amides is 1. The molecule has 0 saturated heterocycles. The summed E-state index contributed by atoms with van der Waals surface area (Å²) in [5, 5.41) is 19.8. The van der Waals surface area contributed by atoms with Gasteiger partial charge in [-0.05, 0) is 49.7 Å². The molecular formula is C31H39ClN4O7. The molecule has 0 aliphatic carbocycles. The SMILES string of the molecule is CCCCCCCCCCCCOC(=O)C(C)OC(=O)c1ccc(NC(=O)Cn2nnc3ccc(C(=O)O)cc32)c(Cl)c1. The van der Waals surface area contributed by atoms with Crippen LogP contribution in [0.25, 0.3) is 11.0 Å². The highest BCUT2D eigenvalue weighted by molar-refractivity contribution is 6.34. The molecule has 2 aromatic carbocycles. The van der Waals surface area contributed by atoms with Crippen LogP contribution in [0, 0.1) is 0 Å². The number of nitrogens with one attached hydrogen (secondary N) is 1. The number of benzene rings is 2. The maximum absolute atomic E-state index is 12.6. The van der Waals surface area contributed by atoms with Crippen molar-refractivity contribution in [3.63, 3.8) is 0 Å². The summed E-state index contributed by atoms with van der Waals surface area (Å²) in [6.07, 6.45) is 10.7. The molecule has 1 amide bonds. The topological polar surface area (TPSA) is 150 Å². The average molecular weight is 615 g/mol. The minimum Gasteiger partial charge on any atom is -0.478 e. The maximum atomic E-state index is 12.6. The zero-order valence-corrected chi connectivity index (χ0v) is 25.4. The molecule has 0 radical (unpaired) electrons. The molecule has 1 atom stereocenters. The summed E-state index contributed by atoms with van der Waals surface area (Å²) in [4.78, 5) is 48.7. The van der Waals surface area contributed by atoms with Crippen molar-refractivity contribution < 1.29 is 33.8 Å². The van der Waals surface area contributed by atoms with Gasteiger partial charge in [-0.15, -0.1) is 5.10 Å². The molecule has 0 aliphatic rings. The van der Waals surface area contributed by atoms with Gasteiger partial charge >= 0.3 is 17.9 Å². The normalized spacial score (nSPS) is 11.7. The predicted molar refractivity (Wildman–Crippen MR) is 162 cm³/mol. The van der Waals surface area contributed by atoms with E-state index in [4.69, 9.17) is 21.1 Å². The second-order valence-electron chi connectivity index (χ2n) is 10.4. The molecule has 0 bridgehead atoms. The van der Waals surface area contributed by atoms with Crippen molar-refractivity contribution in [2.45, 2.75) is 90.7 Å². The van der Waals surface area contributed by atoms with Crippen LogP contribution in [0.15, 0.2) is 36.4 Å². The summed E-state index contributed by atoms with van der Waals surface area (Å²) in [6.45, 7) is 3.69. The summed E-state index contributed by atoms with van der Waals surface area (Å²) in [6, 6.07) is 8.47. The standard InChI is InChI=1S/C31H39ClN4O7/c1-3-4-5-6-7-8-9-10-11-12-17-42-30(40)21(2)43-31(41)23-14-15-25(24(32)18-23)33-28(37)20-36-27-19-22(29(38)39)13-16-26(27)34-35-36/h13-16,18-19,21H,3-12,17,20H2,1-2H3,(H,33,37)(H,38,39). The third-order valence-electron chi connectivity index (χ3n) is 6.89. The zero-order valence-electron chi connectivity index (χ0n) is 24.6. The Morgan fingerprint density at radius 1 is 0.930 bits per heavy atom. The molecule has 1 unspecified atom stereocenters. The van der Waals surface area contributed by atoms with Crippen molar-refractivity contribution in [3.8, 4) is 0 Å². The number of rotatable bonds is 18. The molecule has 0 saturated carbocycles. The quantitative estimate of drug-likeness (QED) is 0.122. The van der Waals surface area contributed by atoms with Gasteiger partial charge in [-0.25, -0.2) is 19.1 Å². The van der Waals surface area contributed by atoms with Gasteiger partial charge in [0.1, 0.15) is 12.1 Å². The van der Waals surface area contributed by atoms with Crippen molar-refractivity contribution in [2.75, 3.05) is 11.9 Å². The fraction of sp³-hybridized carbons (Fsp3) is 0.484. The molecule has 0 spiro atoms. The lowest BCUT2D eigenvalue weighted by molar-refractivity contribution is -0.153. The molecule has 0 aliphatic heterocycles. The molecule has 1 heterocycles. The highest BCUT2D eigenvalue weighted by atomic mass is 35.5. The second kappa shape index (κ2) is 17.2. The summed E-state index contributed by atoms with van der Waals surface area (Å²) < 4.78 is 11.8. The van der Waals surface area contributed by atoms with Crippen molar-refractivity contribution in [2.24, 2.45) is 0 Å². The summed E-state index contributed by atoms with van der Waals surface area (Å²) in [5.74, 6) is -2.98. The molecule has 0 fully saturated rings. The van der Waals surface area contributed by atoms with Crippen LogP contribution in [0.5, 0.6) is 0 Å². The Hall–Kier alpha value is -3.99. The van der Waals surface area contributed by atoms with Gasteiger partial charge in [0.15, 0.2) is 6.10 Å². The van der Waals surface area contributed by atoms with Gasteiger partial charge in [0.05, 0.1) is 34.0 Å². The smallest absolute Gasteiger partial charge is 0.347 e. The van der Waals surface area contributed by atoms with E-state index in [0.29, 0.717) is 11.0 Å². The number of esters is 2. The van der Waals surface area contributed by atoms with Crippen LogP contribution in [-0.2, 0) is 25.6 Å². The van der Waals surface area contributed by atoms with E-state index >= 15 is 0 Å². The van der Waals surface area contributed by atoms with Crippen LogP contribution in [0.2, 0.25) is 5.02 Å². The van der Waals surface area contributed by atoms with Crippen molar-refractivity contribution >= 4 is 52.1 Å². The van der Waals surface area contributed by atoms with Crippen LogP contribution in [0.3, 0.4) is 0 Å². The zero-order chi connectivity index (χ0) is 31.2. The molecule has 232 valence electrons. The highest BCUT2D eigenvalue weighted by Crippen LogP contribution is 2.24. The molecule has 2 N–H and O–H groups in total. The highest BCUT2D eigenvalue weighted by Gasteiger charge is 2.21. The number of carbonyl (C=O) groups excluding carboxylic acids is 3. The molecule has 3 rings (SSSR count). The van der Waals surface area contributed by atoms with Crippen LogP contribution in [0.4, 0.5) is 5.69 Å². The Morgan fingerprint density at radius 2 is 1.58 bits per heavy atom. The minimum absolute atomic E-state index is 0.0404. The van der Waals surface area contributed by atoms with Gasteiger partial charge in [-0.1, -0.05) is 81.5 Å². The fourth-order valence-corrected chi connectivity index (χ4v) is 4.67. The number of hydrogen-bond acceptors (Lipinski definition) is 8. The Morgan fingerprint density at radius 3 is 2.23 bits per heavy atom. The van der Waals surface area contributed by atoms with E-state index in [1.807, 2.05) is 0 Å². The number of ether oxygens (including phenoxy) is 2. The number of carboxylic acid groups (broad SMARTS) is 1. The lowest BCUT2D eigenvalue weighted by atomic mass is 10.1. The van der Waals surface area contributed by atoms with Gasteiger partial charge < -0.3 is 19.9 Å². The average Bonchev–Trinajstić information content (AvgIpc) is 3.38. The lowest BCUT2D eigenvalue weighted by Crippen LogP contribution is -2.26. The molecular weight excluding hydrogens is 576 g/mol. The van der Waals surface area contributed by atoms with Crippen LogP contribution < -0.4 is 5.32 Å². The minimum atomic E-state index is -1.11. The molecule has 11 nitrogen and oxygen atoms in total. The van der Waals surface area contributed by atoms with Gasteiger partial charge in [-0.3, -0.25) is 4.79 Å². The van der Waals surface area contributed by atoms with E-state index < -0.39 is 29.9 Å². The molecule has 3 aromatic rings. The number of nitrogens with zero attached hydrogens (tertiary/aromatic N) is 3. The number of unbranched alkanes of at least 4 members (excludes halogenated alkanes) is 9. The Kier molecular flexibility index (Phi) is 13.4. The van der Waals surface area contributed by atoms with Gasteiger partial charge in [0, 0.05) is 0 Å². The Labute approximate surface area is 255 Å². The van der Waals surface area contributed by atoms with E-state index in [1.165, 1.54) is 92.9 Å². The van der Waals surface area contributed by atoms with E-state index in [1.54, 1.807) is 0 Å². The van der Waals surface area contributed by atoms with Crippen molar-refractivity contribution in [3.05, 3.63) is 52.5 Å². The third kappa shape index (κ3) is 10.7. The molecule has 12 heteroatoms. The van der Waals surface area contributed by atoms with Crippen molar-refractivity contribution in [1.29, 1.82) is 0 Å². The third-order valence-corrected chi connectivity index (χ3v) is 7.20. The first kappa shape index (κ1) is 33.5. The predicted octanol–water partition coefficient (Wildman–Crippen LogP) is 6.43. The number of halogens is 1. The fourth-order valence-electron chi connectivity index (χ4n) is 4.44. The van der Waals surface area contributed by atoms with E-state index in [-0.39, 0.29) is 35.0 Å². The van der Waals surface area contributed by atoms with Gasteiger partial charge in [0.25, 0.3) is 0 Å². The summed E-state index contributed by atoms with van der Waals surface area (Å²) >= 11 is 6.29. The number of anilines is 1. The summed E-state index contributed by atoms with van der Waals surface area (Å²) in [7, 11) is 0. The van der Waals surface area contributed by atoms with Crippen molar-refractivity contribution in [1.82, 2.24) is 15.0 Å². The van der Waals surface area contributed by atoms with Gasteiger partial charge in [-0.2, -0.15) is 0 Å². The first-order chi connectivity index (χ1) is 20.7. The number of aromatic nitrogens is 3. The van der Waals surface area contributed by atoms with Gasteiger partial charge in [0.2, 0.25) is 5.91 Å². The summed E-state index contributed by atoms with van der Waals surface area (Å²) in [5.41, 5.74) is 1.20. The lowest BCUT2D eigenvalue weighted by Gasteiger charge is -2.14. The first-order valence-corrected chi connectivity index (χ1v) is 15.1. The first-order valence-electron chi connectivity index (χ1n) is 14.7. The van der Waals surface area contributed by atoms with E-state index in [9.17, 15) is 24.3 Å². The molecule has 43 heavy (non-hydrogen) atoms. The largest absolute Gasteiger partial charge is 0.478 e. The number of aromatic carboxylic acids is 1. The second-order valence-corrected chi connectivity index (χ2v) is 10.8. The number of carboxylic acids is 1. The van der Waals surface area contributed by atoms with E-state index in [2.05, 4.69) is 22.6 Å².